The second-order valence-electron chi connectivity index (χ2n) is 4.00. The lowest BCUT2D eigenvalue weighted by Gasteiger charge is -2.05. The zero-order valence-corrected chi connectivity index (χ0v) is 11.7. The van der Waals surface area contributed by atoms with Crippen LogP contribution in [0.5, 0.6) is 0 Å². The minimum Gasteiger partial charge on any atom is -0.398 e. The maximum absolute atomic E-state index is 11.9. The van der Waals surface area contributed by atoms with E-state index in [2.05, 4.69) is 4.72 Å². The Hall–Kier alpha value is -1.41. The van der Waals surface area contributed by atoms with E-state index in [0.717, 1.165) is 22.5 Å². The molecule has 0 unspecified atom stereocenters. The molecule has 0 saturated heterocycles. The van der Waals surface area contributed by atoms with Crippen molar-refractivity contribution >= 4 is 27.0 Å². The van der Waals surface area contributed by atoms with Gasteiger partial charge in [0.15, 0.2) is 0 Å². The lowest BCUT2D eigenvalue weighted by Crippen LogP contribution is -2.22. The van der Waals surface area contributed by atoms with Crippen LogP contribution >= 0.6 is 11.3 Å². The molecule has 0 atom stereocenters. The number of nitrogens with one attached hydrogen (secondary N) is 1. The van der Waals surface area contributed by atoms with Crippen molar-refractivity contribution in [1.29, 1.82) is 0 Å². The normalized spacial score (nSPS) is 11.6. The summed E-state index contributed by atoms with van der Waals surface area (Å²) in [5, 5.41) is 10.5. The van der Waals surface area contributed by atoms with Crippen LogP contribution in [0.2, 0.25) is 0 Å². The van der Waals surface area contributed by atoms with Gasteiger partial charge in [0.05, 0.1) is 6.61 Å². The number of nitrogen functional groups attached to an aromatic ring is 1. The van der Waals surface area contributed by atoms with Gasteiger partial charge in [-0.3, -0.25) is 0 Å². The Labute approximate surface area is 115 Å². The molecule has 1 aromatic heterocycles. The number of sulfonamides is 1. The van der Waals surface area contributed by atoms with Gasteiger partial charge < -0.3 is 10.8 Å². The minimum atomic E-state index is -3.51. The van der Waals surface area contributed by atoms with E-state index in [0.29, 0.717) is 5.69 Å². The van der Waals surface area contributed by atoms with E-state index in [4.69, 9.17) is 10.8 Å². The van der Waals surface area contributed by atoms with Gasteiger partial charge in [-0.05, 0) is 17.2 Å². The fourth-order valence-electron chi connectivity index (χ4n) is 1.48. The molecular formula is C12H14N2O3S2. The van der Waals surface area contributed by atoms with Crippen molar-refractivity contribution in [2.24, 2.45) is 0 Å². The van der Waals surface area contributed by atoms with E-state index in [1.165, 1.54) is 6.07 Å². The average molecular weight is 298 g/mol. The average Bonchev–Trinajstić information content (AvgIpc) is 2.85. The summed E-state index contributed by atoms with van der Waals surface area (Å²) < 4.78 is 26.6. The Morgan fingerprint density at radius 2 is 1.84 bits per heavy atom. The second-order valence-corrected chi connectivity index (χ2v) is 6.90. The third kappa shape index (κ3) is 3.54. The Morgan fingerprint density at radius 3 is 2.37 bits per heavy atom. The molecule has 7 heteroatoms. The van der Waals surface area contributed by atoms with E-state index in [-0.39, 0.29) is 17.4 Å². The fraction of sp³-hybridized carbons (Fsp3) is 0.167. The number of benzene rings is 1. The van der Waals surface area contributed by atoms with Crippen LogP contribution in [0, 0.1) is 0 Å². The van der Waals surface area contributed by atoms with Gasteiger partial charge in [0.1, 0.15) is 4.21 Å². The topological polar surface area (TPSA) is 92.4 Å². The molecule has 0 amide bonds. The van der Waals surface area contributed by atoms with Gasteiger partial charge in [0, 0.05) is 17.6 Å². The number of hydrogen-bond donors (Lipinski definition) is 3. The highest BCUT2D eigenvalue weighted by atomic mass is 32.2. The van der Waals surface area contributed by atoms with E-state index < -0.39 is 10.0 Å². The van der Waals surface area contributed by atoms with Gasteiger partial charge in [-0.25, -0.2) is 13.1 Å². The van der Waals surface area contributed by atoms with E-state index in [9.17, 15) is 8.42 Å². The standard InChI is InChI=1S/C12H14N2O3S2/c13-11-5-12(18-8-11)19(16,17)14-6-9-1-3-10(7-15)4-2-9/h1-5,8,14-15H,6-7,13H2. The van der Waals surface area contributed by atoms with E-state index in [1.54, 1.807) is 29.6 Å². The summed E-state index contributed by atoms with van der Waals surface area (Å²) in [5.74, 6) is 0. The largest absolute Gasteiger partial charge is 0.398 e. The Kier molecular flexibility index (Phi) is 4.20. The number of nitrogens with two attached hydrogens (primary N) is 1. The van der Waals surface area contributed by atoms with Gasteiger partial charge in [-0.15, -0.1) is 11.3 Å². The molecule has 0 bridgehead atoms. The molecule has 0 aliphatic heterocycles. The van der Waals surface area contributed by atoms with Gasteiger partial charge >= 0.3 is 0 Å². The predicted octanol–water partition coefficient (Wildman–Crippen LogP) is 1.30. The molecule has 0 spiro atoms. The van der Waals surface area contributed by atoms with Crippen LogP contribution in [-0.2, 0) is 23.2 Å². The molecule has 1 aromatic carbocycles. The lowest BCUT2D eigenvalue weighted by molar-refractivity contribution is 0.282. The second kappa shape index (κ2) is 5.70. The van der Waals surface area contributed by atoms with Crippen molar-refractivity contribution in [3.8, 4) is 0 Å². The quantitative estimate of drug-likeness (QED) is 0.776. The number of thiophene rings is 1. The number of aliphatic hydroxyl groups excluding tert-OH is 1. The lowest BCUT2D eigenvalue weighted by atomic mass is 10.1. The number of hydrogen-bond acceptors (Lipinski definition) is 5. The summed E-state index contributed by atoms with van der Waals surface area (Å²) in [4.78, 5) is 0. The predicted molar refractivity (Wildman–Crippen MR) is 75.1 cm³/mol. The van der Waals surface area contributed by atoms with Crippen molar-refractivity contribution in [3.63, 3.8) is 0 Å². The molecule has 2 aromatic rings. The first kappa shape index (κ1) is 14.0. The molecule has 19 heavy (non-hydrogen) atoms. The van der Waals surface area contributed by atoms with Crippen molar-refractivity contribution in [2.45, 2.75) is 17.4 Å². The molecule has 2 rings (SSSR count). The molecular weight excluding hydrogens is 284 g/mol. The highest BCUT2D eigenvalue weighted by Crippen LogP contribution is 2.21. The molecule has 0 radical (unpaired) electrons. The fourth-order valence-corrected chi connectivity index (χ4v) is 3.63. The third-order valence-electron chi connectivity index (χ3n) is 2.53. The number of aliphatic hydroxyl groups is 1. The monoisotopic (exact) mass is 298 g/mol. The summed E-state index contributed by atoms with van der Waals surface area (Å²) in [6.07, 6.45) is 0. The molecule has 0 aliphatic carbocycles. The summed E-state index contributed by atoms with van der Waals surface area (Å²) in [6.45, 7) is 0.173. The molecule has 0 fully saturated rings. The zero-order chi connectivity index (χ0) is 13.9. The summed E-state index contributed by atoms with van der Waals surface area (Å²) in [7, 11) is -3.51. The molecule has 5 nitrogen and oxygen atoms in total. The highest BCUT2D eigenvalue weighted by molar-refractivity contribution is 7.91. The van der Waals surface area contributed by atoms with Crippen LogP contribution in [0.3, 0.4) is 0 Å². The zero-order valence-electron chi connectivity index (χ0n) is 10.0. The number of anilines is 1. The van der Waals surface area contributed by atoms with Crippen LogP contribution in [0.1, 0.15) is 11.1 Å². The molecule has 1 heterocycles. The van der Waals surface area contributed by atoms with Crippen LogP contribution in [0.4, 0.5) is 5.69 Å². The van der Waals surface area contributed by atoms with Crippen molar-refractivity contribution in [3.05, 3.63) is 46.8 Å². The van der Waals surface area contributed by atoms with Crippen LogP contribution < -0.4 is 10.5 Å². The van der Waals surface area contributed by atoms with Gasteiger partial charge in [0.2, 0.25) is 10.0 Å². The van der Waals surface area contributed by atoms with Gasteiger partial charge in [-0.2, -0.15) is 0 Å². The first-order valence-electron chi connectivity index (χ1n) is 5.53. The summed E-state index contributed by atoms with van der Waals surface area (Å²) >= 11 is 1.09. The van der Waals surface area contributed by atoms with Crippen molar-refractivity contribution in [2.75, 3.05) is 5.73 Å². The third-order valence-corrected chi connectivity index (χ3v) is 5.39. The Morgan fingerprint density at radius 1 is 1.21 bits per heavy atom. The van der Waals surface area contributed by atoms with Gasteiger partial charge in [0.25, 0.3) is 0 Å². The maximum Gasteiger partial charge on any atom is 0.250 e. The van der Waals surface area contributed by atoms with E-state index in [1.807, 2.05) is 0 Å². The van der Waals surface area contributed by atoms with Crippen molar-refractivity contribution < 1.29 is 13.5 Å². The molecule has 0 saturated carbocycles. The van der Waals surface area contributed by atoms with Crippen LogP contribution in [0.15, 0.2) is 39.9 Å². The maximum atomic E-state index is 11.9. The highest BCUT2D eigenvalue weighted by Gasteiger charge is 2.15. The Bertz CT molecular complexity index is 648. The SMILES string of the molecule is Nc1csc(S(=O)(=O)NCc2ccc(CO)cc2)c1. The molecule has 4 N–H and O–H groups in total. The molecule has 102 valence electrons. The summed E-state index contributed by atoms with van der Waals surface area (Å²) in [5.41, 5.74) is 7.57. The minimum absolute atomic E-state index is 0.0273. The van der Waals surface area contributed by atoms with E-state index >= 15 is 0 Å². The molecule has 0 aliphatic rings. The summed E-state index contributed by atoms with van der Waals surface area (Å²) in [6, 6.07) is 8.50. The first-order chi connectivity index (χ1) is 9.01. The smallest absolute Gasteiger partial charge is 0.250 e. The number of rotatable bonds is 5. The first-order valence-corrected chi connectivity index (χ1v) is 7.90. The van der Waals surface area contributed by atoms with Crippen molar-refractivity contribution in [1.82, 2.24) is 4.72 Å². The van der Waals surface area contributed by atoms with Crippen LogP contribution in [0.25, 0.3) is 0 Å². The van der Waals surface area contributed by atoms with Gasteiger partial charge in [-0.1, -0.05) is 24.3 Å². The Balaban J connectivity index is 2.05. The van der Waals surface area contributed by atoms with Crippen LogP contribution in [-0.4, -0.2) is 13.5 Å².